The van der Waals surface area contributed by atoms with Gasteiger partial charge in [0.15, 0.2) is 0 Å². The van der Waals surface area contributed by atoms with Crippen LogP contribution >= 0.6 is 0 Å². The number of likely N-dealkylation sites (tertiary alicyclic amines) is 1. The normalized spacial score (nSPS) is 33.8. The molecule has 2 fully saturated rings. The lowest BCUT2D eigenvalue weighted by molar-refractivity contribution is -0.145. The monoisotopic (exact) mass is 355 g/mol. The lowest BCUT2D eigenvalue weighted by Crippen LogP contribution is -2.54. The smallest absolute Gasteiger partial charge is 0.250 e. The summed E-state index contributed by atoms with van der Waals surface area (Å²) in [6.07, 6.45) is 0.701. The summed E-state index contributed by atoms with van der Waals surface area (Å²) < 4.78 is 0. The quantitative estimate of drug-likeness (QED) is 0.812. The number of carbonyl (C=O) groups excluding carboxylic acids is 3. The molecule has 2 N–H and O–H groups in total. The van der Waals surface area contributed by atoms with Gasteiger partial charge >= 0.3 is 0 Å². The van der Waals surface area contributed by atoms with E-state index in [4.69, 9.17) is 0 Å². The lowest BCUT2D eigenvalue weighted by atomic mass is 9.76. The van der Waals surface area contributed by atoms with Gasteiger partial charge in [-0.2, -0.15) is 0 Å². The first-order chi connectivity index (χ1) is 12.3. The third kappa shape index (κ3) is 1.93. The summed E-state index contributed by atoms with van der Waals surface area (Å²) in [6.45, 7) is 7.90. The van der Waals surface area contributed by atoms with Crippen LogP contribution in [0.1, 0.15) is 39.7 Å². The van der Waals surface area contributed by atoms with E-state index in [1.54, 1.807) is 0 Å². The molecule has 0 radical (unpaired) electrons. The van der Waals surface area contributed by atoms with Gasteiger partial charge < -0.3 is 5.32 Å². The van der Waals surface area contributed by atoms with E-state index in [1.165, 1.54) is 4.90 Å². The van der Waals surface area contributed by atoms with E-state index in [-0.39, 0.29) is 35.7 Å². The molecule has 0 aliphatic carbocycles. The molecule has 1 aromatic rings. The van der Waals surface area contributed by atoms with Gasteiger partial charge in [-0.25, -0.2) is 0 Å². The highest BCUT2D eigenvalue weighted by Crippen LogP contribution is 2.54. The minimum atomic E-state index is -1.16. The summed E-state index contributed by atoms with van der Waals surface area (Å²) in [5.41, 5.74) is 0.330. The van der Waals surface area contributed by atoms with E-state index in [9.17, 15) is 14.4 Å². The number of rotatable bonds is 3. The Morgan fingerprint density at radius 3 is 2.46 bits per heavy atom. The maximum absolute atomic E-state index is 13.4. The van der Waals surface area contributed by atoms with E-state index in [1.807, 2.05) is 52.0 Å². The van der Waals surface area contributed by atoms with Gasteiger partial charge in [-0.15, -0.1) is 0 Å². The highest BCUT2D eigenvalue weighted by atomic mass is 16.2. The number of fused-ring (bicyclic) bond motifs is 4. The van der Waals surface area contributed by atoms with Crippen LogP contribution in [0.4, 0.5) is 5.69 Å². The molecule has 0 bridgehead atoms. The van der Waals surface area contributed by atoms with E-state index in [0.717, 1.165) is 11.3 Å². The molecule has 6 heteroatoms. The van der Waals surface area contributed by atoms with Gasteiger partial charge in [-0.1, -0.05) is 39.0 Å². The molecule has 3 aliphatic heterocycles. The summed E-state index contributed by atoms with van der Waals surface area (Å²) in [5.74, 6) is -1.68. The molecule has 3 amide bonds. The summed E-state index contributed by atoms with van der Waals surface area (Å²) in [4.78, 5) is 41.1. The molecule has 3 heterocycles. The molecule has 0 unspecified atom stereocenters. The first-order valence-electron chi connectivity index (χ1n) is 9.40. The molecule has 1 aromatic carbocycles. The predicted octanol–water partition coefficient (Wildman–Crippen LogP) is 1.86. The fourth-order valence-corrected chi connectivity index (χ4v) is 4.90. The second-order valence-electron chi connectivity index (χ2n) is 8.03. The number of hydrogen-bond donors (Lipinski definition) is 2. The van der Waals surface area contributed by atoms with Crippen molar-refractivity contribution in [2.24, 2.45) is 17.8 Å². The van der Waals surface area contributed by atoms with E-state index in [0.29, 0.717) is 6.42 Å². The van der Waals surface area contributed by atoms with Crippen LogP contribution in [0, 0.1) is 17.8 Å². The number of hydrogen-bond acceptors (Lipinski definition) is 4. The number of amides is 3. The van der Waals surface area contributed by atoms with Crippen LogP contribution < -0.4 is 10.6 Å². The average Bonchev–Trinajstić information content (AvgIpc) is 3.20. The topological polar surface area (TPSA) is 78.5 Å². The van der Waals surface area contributed by atoms with Gasteiger partial charge in [-0.05, 0) is 25.3 Å². The van der Waals surface area contributed by atoms with Crippen molar-refractivity contribution < 1.29 is 14.4 Å². The fraction of sp³-hybridized carbons (Fsp3) is 0.550. The first-order valence-corrected chi connectivity index (χ1v) is 9.40. The summed E-state index contributed by atoms with van der Waals surface area (Å²) in [6, 6.07) is 7.07. The average molecular weight is 355 g/mol. The minimum Gasteiger partial charge on any atom is -0.324 e. The Labute approximate surface area is 153 Å². The molecule has 2 saturated heterocycles. The summed E-state index contributed by atoms with van der Waals surface area (Å²) in [5, 5.41) is 6.34. The van der Waals surface area contributed by atoms with Crippen LogP contribution in [0.2, 0.25) is 0 Å². The second kappa shape index (κ2) is 5.64. The van der Waals surface area contributed by atoms with E-state index in [2.05, 4.69) is 10.6 Å². The van der Waals surface area contributed by atoms with Gasteiger partial charge in [0.2, 0.25) is 17.7 Å². The van der Waals surface area contributed by atoms with Crippen molar-refractivity contribution in [3.8, 4) is 0 Å². The molecule has 0 aromatic heterocycles. The Balaban J connectivity index is 1.90. The number of nitrogens with zero attached hydrogens (tertiary/aromatic N) is 1. The standard InChI is InChI=1S/C20H25N3O3/c1-5-11(4)23-17(24)14-15(18(23)25)20(22-16(14)10(2)3)12-8-6-7-9-13(12)21-19(20)26/h6-11,14-16,22H,5H2,1-4H3,(H,21,26)/t11-,14+,15+,16-,20-/m1/s1. The second-order valence-corrected chi connectivity index (χ2v) is 8.03. The predicted molar refractivity (Wildman–Crippen MR) is 97.1 cm³/mol. The highest BCUT2D eigenvalue weighted by Gasteiger charge is 2.70. The fourth-order valence-electron chi connectivity index (χ4n) is 4.90. The molecular weight excluding hydrogens is 330 g/mol. The summed E-state index contributed by atoms with van der Waals surface area (Å²) in [7, 11) is 0. The minimum absolute atomic E-state index is 0.121. The number of nitrogens with one attached hydrogen (secondary N) is 2. The Hall–Kier alpha value is -2.21. The summed E-state index contributed by atoms with van der Waals surface area (Å²) >= 11 is 0. The maximum Gasteiger partial charge on any atom is 0.250 e. The molecule has 1 spiro atoms. The number of imide groups is 1. The Bertz CT molecular complexity index is 805. The molecule has 3 aliphatic rings. The zero-order valence-electron chi connectivity index (χ0n) is 15.6. The van der Waals surface area contributed by atoms with E-state index < -0.39 is 17.4 Å². The van der Waals surface area contributed by atoms with Crippen LogP contribution in [0.3, 0.4) is 0 Å². The third-order valence-electron chi connectivity index (χ3n) is 6.34. The number of benzene rings is 1. The van der Waals surface area contributed by atoms with Gasteiger partial charge in [0.05, 0.1) is 11.8 Å². The van der Waals surface area contributed by atoms with Crippen molar-refractivity contribution in [3.05, 3.63) is 29.8 Å². The molecule has 0 saturated carbocycles. The lowest BCUT2D eigenvalue weighted by Gasteiger charge is -2.31. The van der Waals surface area contributed by atoms with Crippen molar-refractivity contribution in [2.75, 3.05) is 5.32 Å². The highest BCUT2D eigenvalue weighted by molar-refractivity contribution is 6.15. The molecule has 26 heavy (non-hydrogen) atoms. The SMILES string of the molecule is CC[C@@H](C)N1C(=O)[C@@H]2[C@@H](C(C)C)N[C@@]3(C(=O)Nc4ccccc43)[C@@H]2C1=O. The maximum atomic E-state index is 13.4. The Morgan fingerprint density at radius 1 is 1.12 bits per heavy atom. The van der Waals surface area contributed by atoms with Crippen LogP contribution in [0.15, 0.2) is 24.3 Å². The van der Waals surface area contributed by atoms with Crippen LogP contribution in [-0.2, 0) is 19.9 Å². The third-order valence-corrected chi connectivity index (χ3v) is 6.34. The van der Waals surface area contributed by atoms with Crippen molar-refractivity contribution in [1.29, 1.82) is 0 Å². The number of carbonyl (C=O) groups is 3. The molecular formula is C20H25N3O3. The first kappa shape index (κ1) is 17.2. The molecule has 5 atom stereocenters. The van der Waals surface area contributed by atoms with Gasteiger partial charge in [0, 0.05) is 23.3 Å². The van der Waals surface area contributed by atoms with Gasteiger partial charge in [0.25, 0.3) is 0 Å². The zero-order chi connectivity index (χ0) is 18.8. The van der Waals surface area contributed by atoms with Crippen LogP contribution in [0.25, 0.3) is 0 Å². The molecule has 138 valence electrons. The van der Waals surface area contributed by atoms with Gasteiger partial charge in [0.1, 0.15) is 5.54 Å². The van der Waals surface area contributed by atoms with Crippen molar-refractivity contribution in [3.63, 3.8) is 0 Å². The van der Waals surface area contributed by atoms with Crippen LogP contribution in [-0.4, -0.2) is 34.7 Å². The zero-order valence-corrected chi connectivity index (χ0v) is 15.6. The Morgan fingerprint density at radius 2 is 1.81 bits per heavy atom. The van der Waals surface area contributed by atoms with Crippen molar-refractivity contribution in [2.45, 2.75) is 51.7 Å². The molecule has 4 rings (SSSR count). The van der Waals surface area contributed by atoms with Gasteiger partial charge in [-0.3, -0.25) is 24.6 Å². The Kier molecular flexibility index (Phi) is 3.74. The molecule has 6 nitrogen and oxygen atoms in total. The van der Waals surface area contributed by atoms with Crippen molar-refractivity contribution >= 4 is 23.4 Å². The van der Waals surface area contributed by atoms with Crippen LogP contribution in [0.5, 0.6) is 0 Å². The largest absolute Gasteiger partial charge is 0.324 e. The number of anilines is 1. The van der Waals surface area contributed by atoms with E-state index >= 15 is 0 Å². The number of para-hydroxylation sites is 1. The van der Waals surface area contributed by atoms with Crippen molar-refractivity contribution in [1.82, 2.24) is 10.2 Å².